The molecule has 0 saturated heterocycles. The van der Waals surface area contributed by atoms with Gasteiger partial charge in [0.15, 0.2) is 0 Å². The molecule has 0 aromatic heterocycles. The topological polar surface area (TPSA) is 112 Å². The van der Waals surface area contributed by atoms with Gasteiger partial charge < -0.3 is 5.11 Å². The fourth-order valence-electron chi connectivity index (χ4n) is 5.37. The first kappa shape index (κ1) is 29.5. The van der Waals surface area contributed by atoms with E-state index in [4.69, 9.17) is 0 Å². The Balaban J connectivity index is 1.67. The second-order valence-electron chi connectivity index (χ2n) is 10.2. The van der Waals surface area contributed by atoms with Crippen LogP contribution in [0.5, 0.6) is 0 Å². The van der Waals surface area contributed by atoms with E-state index in [0.717, 1.165) is 55.1 Å². The molecule has 0 bridgehead atoms. The molecule has 5 rings (SSSR count). The molecule has 2 aliphatic heterocycles. The molecule has 0 aliphatic carbocycles. The number of carbonyl (C=O) groups is 5. The molecule has 0 fully saturated rings. The molecule has 1 N–H and O–H groups in total. The first-order chi connectivity index (χ1) is 19.8. The molecule has 3 aromatic rings. The Morgan fingerprint density at radius 1 is 0.721 bits per heavy atom. The number of aromatic carboxylic acids is 1. The maximum absolute atomic E-state index is 14.8. The molecule has 0 radical (unpaired) electrons. The number of amides is 4. The average molecular weight is 604 g/mol. The van der Waals surface area contributed by atoms with Gasteiger partial charge in [0.2, 0.25) is 0 Å². The van der Waals surface area contributed by atoms with Crippen molar-refractivity contribution < 1.29 is 55.4 Å². The van der Waals surface area contributed by atoms with Crippen molar-refractivity contribution in [3.63, 3.8) is 0 Å². The third-order valence-corrected chi connectivity index (χ3v) is 7.78. The van der Waals surface area contributed by atoms with Gasteiger partial charge in [0.05, 0.1) is 39.1 Å². The van der Waals surface area contributed by atoms with E-state index in [1.807, 2.05) is 0 Å². The van der Waals surface area contributed by atoms with Crippen molar-refractivity contribution in [1.29, 1.82) is 0 Å². The molecular formula is C29H18F6N2O6. The van der Waals surface area contributed by atoms with E-state index in [1.165, 1.54) is 7.05 Å². The number of fused-ring (bicyclic) bond motifs is 2. The standard InChI is InChI=1S/C29H18F6N2O6/c1-12-8-13(26(42)43)9-20(21(12)28(30,31)32)37-24(40)17-7-5-15(11-19(17)25(37)41)27(2,29(33,34)35)14-4-6-16-18(10-14)23(39)36(3)22(16)38/h4-11H,1-3H3,(H,42,43). The lowest BCUT2D eigenvalue weighted by atomic mass is 9.74. The third kappa shape index (κ3) is 4.19. The lowest BCUT2D eigenvalue weighted by molar-refractivity contribution is -0.173. The van der Waals surface area contributed by atoms with Crippen LogP contribution in [0.25, 0.3) is 0 Å². The second kappa shape index (κ2) is 9.24. The van der Waals surface area contributed by atoms with Crippen LogP contribution in [-0.2, 0) is 11.6 Å². The van der Waals surface area contributed by atoms with Gasteiger partial charge in [-0.3, -0.25) is 24.1 Å². The monoisotopic (exact) mass is 604 g/mol. The van der Waals surface area contributed by atoms with Gasteiger partial charge in [0.1, 0.15) is 5.41 Å². The predicted molar refractivity (Wildman–Crippen MR) is 136 cm³/mol. The van der Waals surface area contributed by atoms with E-state index in [-0.39, 0.29) is 16.0 Å². The fraction of sp³-hybridized carbons (Fsp3) is 0.207. The quantitative estimate of drug-likeness (QED) is 0.306. The largest absolute Gasteiger partial charge is 0.478 e. The van der Waals surface area contributed by atoms with Gasteiger partial charge in [-0.25, -0.2) is 9.69 Å². The minimum Gasteiger partial charge on any atom is -0.478 e. The highest BCUT2D eigenvalue weighted by Crippen LogP contribution is 2.48. The number of aryl methyl sites for hydroxylation is 1. The van der Waals surface area contributed by atoms with Gasteiger partial charge in [0.25, 0.3) is 23.6 Å². The molecule has 2 heterocycles. The summed E-state index contributed by atoms with van der Waals surface area (Å²) in [5.74, 6) is -5.86. The van der Waals surface area contributed by atoms with Crippen LogP contribution in [-0.4, -0.2) is 52.8 Å². The molecule has 4 amide bonds. The molecule has 0 saturated carbocycles. The number of carboxylic acids is 1. The fourth-order valence-corrected chi connectivity index (χ4v) is 5.37. The van der Waals surface area contributed by atoms with Crippen molar-refractivity contribution in [3.8, 4) is 0 Å². The molecule has 0 spiro atoms. The summed E-state index contributed by atoms with van der Waals surface area (Å²) in [7, 11) is 1.17. The van der Waals surface area contributed by atoms with Gasteiger partial charge >= 0.3 is 18.3 Å². The lowest BCUT2D eigenvalue weighted by Crippen LogP contribution is -2.41. The Labute approximate surface area is 238 Å². The van der Waals surface area contributed by atoms with E-state index in [1.54, 1.807) is 0 Å². The number of imide groups is 2. The normalized spacial score (nSPS) is 16.5. The molecule has 1 unspecified atom stereocenters. The van der Waals surface area contributed by atoms with Crippen LogP contribution in [0.2, 0.25) is 0 Å². The van der Waals surface area contributed by atoms with Crippen LogP contribution in [0, 0.1) is 6.92 Å². The number of hydrogen-bond acceptors (Lipinski definition) is 5. The number of rotatable bonds is 4. The van der Waals surface area contributed by atoms with E-state index in [0.29, 0.717) is 12.1 Å². The summed E-state index contributed by atoms with van der Waals surface area (Å²) < 4.78 is 86.4. The van der Waals surface area contributed by atoms with Crippen LogP contribution in [0.1, 0.15) is 81.0 Å². The highest BCUT2D eigenvalue weighted by Gasteiger charge is 2.55. The van der Waals surface area contributed by atoms with Crippen LogP contribution < -0.4 is 4.90 Å². The molecule has 14 heteroatoms. The number of carbonyl (C=O) groups excluding carboxylic acids is 4. The minimum atomic E-state index is -5.13. The molecule has 2 aliphatic rings. The summed E-state index contributed by atoms with van der Waals surface area (Å²) in [4.78, 5) is 63.8. The van der Waals surface area contributed by atoms with Crippen molar-refractivity contribution in [2.45, 2.75) is 31.6 Å². The summed E-state index contributed by atoms with van der Waals surface area (Å²) in [6.07, 6.45) is -10.2. The van der Waals surface area contributed by atoms with Crippen LogP contribution in [0.15, 0.2) is 48.5 Å². The van der Waals surface area contributed by atoms with Gasteiger partial charge in [-0.2, -0.15) is 26.3 Å². The summed E-state index contributed by atoms with van der Waals surface area (Å²) in [5, 5.41) is 9.37. The van der Waals surface area contributed by atoms with Crippen molar-refractivity contribution in [3.05, 3.63) is 98.6 Å². The van der Waals surface area contributed by atoms with Gasteiger partial charge in [-0.1, -0.05) is 12.1 Å². The summed E-state index contributed by atoms with van der Waals surface area (Å²) in [5.41, 5.74) is -9.30. The molecule has 1 atom stereocenters. The number of anilines is 1. The average Bonchev–Trinajstić information content (AvgIpc) is 3.29. The Kier molecular flexibility index (Phi) is 6.34. The van der Waals surface area contributed by atoms with Crippen molar-refractivity contribution >= 4 is 35.3 Å². The molecule has 3 aromatic carbocycles. The number of carboxylic acid groups (broad SMARTS) is 1. The van der Waals surface area contributed by atoms with Crippen molar-refractivity contribution in [1.82, 2.24) is 4.90 Å². The van der Waals surface area contributed by atoms with Crippen molar-refractivity contribution in [2.75, 3.05) is 11.9 Å². The van der Waals surface area contributed by atoms with Crippen LogP contribution >= 0.6 is 0 Å². The first-order valence-corrected chi connectivity index (χ1v) is 12.3. The third-order valence-electron chi connectivity index (χ3n) is 7.78. The predicted octanol–water partition coefficient (Wildman–Crippen LogP) is 5.61. The molecule has 8 nitrogen and oxygen atoms in total. The number of benzene rings is 3. The Morgan fingerprint density at radius 3 is 1.67 bits per heavy atom. The minimum absolute atomic E-state index is 0.0944. The van der Waals surface area contributed by atoms with Gasteiger partial charge in [-0.15, -0.1) is 0 Å². The first-order valence-electron chi connectivity index (χ1n) is 12.3. The van der Waals surface area contributed by atoms with Crippen LogP contribution in [0.3, 0.4) is 0 Å². The lowest BCUT2D eigenvalue weighted by Gasteiger charge is -2.33. The Bertz CT molecular complexity index is 1810. The van der Waals surface area contributed by atoms with Crippen molar-refractivity contribution in [2.24, 2.45) is 0 Å². The zero-order chi connectivity index (χ0) is 32.0. The van der Waals surface area contributed by atoms with Gasteiger partial charge in [-0.05, 0) is 66.9 Å². The van der Waals surface area contributed by atoms with E-state index in [2.05, 4.69) is 0 Å². The molecule has 222 valence electrons. The summed E-state index contributed by atoms with van der Waals surface area (Å²) in [6, 6.07) is 6.68. The Morgan fingerprint density at radius 2 is 1.19 bits per heavy atom. The zero-order valence-electron chi connectivity index (χ0n) is 22.3. The highest BCUT2D eigenvalue weighted by atomic mass is 19.4. The second-order valence-corrected chi connectivity index (χ2v) is 10.2. The number of alkyl halides is 6. The maximum Gasteiger partial charge on any atom is 0.418 e. The SMILES string of the molecule is Cc1cc(C(=O)O)cc(N2C(=O)c3ccc(C(C)(c4ccc5c(c4)C(=O)N(C)C5=O)C(F)(F)F)cc3C2=O)c1C(F)(F)F. The van der Waals surface area contributed by atoms with E-state index < -0.39 is 92.0 Å². The maximum atomic E-state index is 14.8. The van der Waals surface area contributed by atoms with Crippen LogP contribution in [0.4, 0.5) is 32.0 Å². The summed E-state index contributed by atoms with van der Waals surface area (Å²) in [6.45, 7) is 1.69. The zero-order valence-corrected chi connectivity index (χ0v) is 22.3. The number of nitrogens with zero attached hydrogens (tertiary/aromatic N) is 2. The number of halogens is 6. The van der Waals surface area contributed by atoms with E-state index in [9.17, 15) is 55.4 Å². The highest BCUT2D eigenvalue weighted by molar-refractivity contribution is 6.35. The summed E-state index contributed by atoms with van der Waals surface area (Å²) >= 11 is 0. The van der Waals surface area contributed by atoms with Gasteiger partial charge in [0, 0.05) is 7.05 Å². The molecular weight excluding hydrogens is 586 g/mol. The Hall–Kier alpha value is -5.01. The van der Waals surface area contributed by atoms with E-state index >= 15 is 0 Å². The number of hydrogen-bond donors (Lipinski definition) is 1. The smallest absolute Gasteiger partial charge is 0.418 e. The molecule has 43 heavy (non-hydrogen) atoms.